The summed E-state index contributed by atoms with van der Waals surface area (Å²) in [7, 11) is 3.10. The minimum Gasteiger partial charge on any atom is -0.493 e. The van der Waals surface area contributed by atoms with Crippen LogP contribution >= 0.6 is 0 Å². The first kappa shape index (κ1) is 15.4. The first-order chi connectivity index (χ1) is 10.7. The molecule has 2 aromatic rings. The Hall–Kier alpha value is -3.00. The molecule has 0 amide bonds. The fourth-order valence-corrected chi connectivity index (χ4v) is 1.92. The van der Waals surface area contributed by atoms with Gasteiger partial charge in [0.1, 0.15) is 6.61 Å². The summed E-state index contributed by atoms with van der Waals surface area (Å²) in [4.78, 5) is 12.0. The average molecular weight is 297 g/mol. The molecule has 0 saturated heterocycles. The monoisotopic (exact) mass is 297 g/mol. The molecule has 0 aliphatic rings. The van der Waals surface area contributed by atoms with E-state index in [0.29, 0.717) is 22.6 Å². The number of esters is 1. The van der Waals surface area contributed by atoms with Crippen molar-refractivity contribution in [2.24, 2.45) is 0 Å². The molecule has 5 heteroatoms. The van der Waals surface area contributed by atoms with Crippen LogP contribution < -0.4 is 9.47 Å². The van der Waals surface area contributed by atoms with E-state index in [1.807, 2.05) is 6.07 Å². The first-order valence-corrected chi connectivity index (χ1v) is 6.56. The van der Waals surface area contributed by atoms with Gasteiger partial charge in [-0.1, -0.05) is 12.1 Å². The molecule has 2 rings (SSSR count). The SMILES string of the molecule is COc1ccc(COC(=O)c2cccc(C#N)c2)cc1OC. The Morgan fingerprint density at radius 3 is 2.55 bits per heavy atom. The number of hydrogen-bond acceptors (Lipinski definition) is 5. The smallest absolute Gasteiger partial charge is 0.338 e. The van der Waals surface area contributed by atoms with Crippen molar-refractivity contribution in [3.63, 3.8) is 0 Å². The number of nitriles is 1. The van der Waals surface area contributed by atoms with Crippen LogP contribution in [0.1, 0.15) is 21.5 Å². The van der Waals surface area contributed by atoms with Crippen LogP contribution in [0.15, 0.2) is 42.5 Å². The maximum Gasteiger partial charge on any atom is 0.338 e. The van der Waals surface area contributed by atoms with Gasteiger partial charge in [-0.25, -0.2) is 4.79 Å². The van der Waals surface area contributed by atoms with Crippen molar-refractivity contribution in [1.29, 1.82) is 5.26 Å². The van der Waals surface area contributed by atoms with E-state index in [1.165, 1.54) is 6.07 Å². The Labute approximate surface area is 128 Å². The van der Waals surface area contributed by atoms with Crippen molar-refractivity contribution in [1.82, 2.24) is 0 Å². The van der Waals surface area contributed by atoms with E-state index in [0.717, 1.165) is 5.56 Å². The molecule has 112 valence electrons. The van der Waals surface area contributed by atoms with Gasteiger partial charge in [-0.15, -0.1) is 0 Å². The highest BCUT2D eigenvalue weighted by Gasteiger charge is 2.10. The molecule has 0 radical (unpaired) electrons. The van der Waals surface area contributed by atoms with Crippen molar-refractivity contribution in [2.75, 3.05) is 14.2 Å². The van der Waals surface area contributed by atoms with Gasteiger partial charge in [0.05, 0.1) is 31.4 Å². The number of carbonyl (C=O) groups excluding carboxylic acids is 1. The molecule has 0 atom stereocenters. The normalized spacial score (nSPS) is 9.68. The van der Waals surface area contributed by atoms with Crippen LogP contribution in [0.4, 0.5) is 0 Å². The first-order valence-electron chi connectivity index (χ1n) is 6.56. The molecule has 5 nitrogen and oxygen atoms in total. The molecule has 0 unspecified atom stereocenters. The fraction of sp³-hybridized carbons (Fsp3) is 0.176. The number of hydrogen-bond donors (Lipinski definition) is 0. The van der Waals surface area contributed by atoms with Crippen LogP contribution in [0.5, 0.6) is 11.5 Å². The maximum atomic E-state index is 12.0. The highest BCUT2D eigenvalue weighted by Crippen LogP contribution is 2.27. The van der Waals surface area contributed by atoms with Crippen LogP contribution in [0.2, 0.25) is 0 Å². The second-order valence-corrected chi connectivity index (χ2v) is 4.46. The molecular weight excluding hydrogens is 282 g/mol. The van der Waals surface area contributed by atoms with Gasteiger partial charge in [0.15, 0.2) is 11.5 Å². The summed E-state index contributed by atoms with van der Waals surface area (Å²) in [6, 6.07) is 13.7. The van der Waals surface area contributed by atoms with Gasteiger partial charge in [-0.05, 0) is 35.9 Å². The Balaban J connectivity index is 2.06. The van der Waals surface area contributed by atoms with Gasteiger partial charge in [0.25, 0.3) is 0 Å². The van der Waals surface area contributed by atoms with Crippen LogP contribution in [-0.2, 0) is 11.3 Å². The molecule has 0 spiro atoms. The Morgan fingerprint density at radius 2 is 1.86 bits per heavy atom. The lowest BCUT2D eigenvalue weighted by Gasteiger charge is -2.10. The summed E-state index contributed by atoms with van der Waals surface area (Å²) in [6.45, 7) is 0.107. The van der Waals surface area contributed by atoms with E-state index in [4.69, 9.17) is 19.5 Å². The van der Waals surface area contributed by atoms with Crippen LogP contribution in [0.3, 0.4) is 0 Å². The average Bonchev–Trinajstić information content (AvgIpc) is 2.59. The van der Waals surface area contributed by atoms with Crippen molar-refractivity contribution in [2.45, 2.75) is 6.61 Å². The van der Waals surface area contributed by atoms with Crippen LogP contribution in [0, 0.1) is 11.3 Å². The molecule has 0 heterocycles. The van der Waals surface area contributed by atoms with Gasteiger partial charge in [0, 0.05) is 0 Å². The summed E-state index contributed by atoms with van der Waals surface area (Å²) in [5.41, 5.74) is 1.54. The minimum atomic E-state index is -0.480. The molecule has 2 aromatic carbocycles. The zero-order chi connectivity index (χ0) is 15.9. The Morgan fingerprint density at radius 1 is 1.09 bits per heavy atom. The summed E-state index contributed by atoms with van der Waals surface area (Å²) >= 11 is 0. The zero-order valence-corrected chi connectivity index (χ0v) is 12.3. The third-order valence-corrected chi connectivity index (χ3v) is 3.05. The lowest BCUT2D eigenvalue weighted by molar-refractivity contribution is 0.0472. The Bertz CT molecular complexity index is 719. The molecule has 0 aliphatic carbocycles. The number of benzene rings is 2. The second kappa shape index (κ2) is 7.14. The van der Waals surface area contributed by atoms with Gasteiger partial charge in [-0.2, -0.15) is 5.26 Å². The lowest BCUT2D eigenvalue weighted by atomic mass is 10.1. The van der Waals surface area contributed by atoms with E-state index in [9.17, 15) is 4.79 Å². The Kier molecular flexibility index (Phi) is 4.99. The van der Waals surface area contributed by atoms with E-state index >= 15 is 0 Å². The molecule has 0 aliphatic heterocycles. The summed E-state index contributed by atoms with van der Waals surface area (Å²) in [5.74, 6) is 0.703. The summed E-state index contributed by atoms with van der Waals surface area (Å²) < 4.78 is 15.6. The standard InChI is InChI=1S/C17H15NO4/c1-20-15-7-6-13(9-16(15)21-2)11-22-17(19)14-5-3-4-12(8-14)10-18/h3-9H,11H2,1-2H3. The van der Waals surface area contributed by atoms with Crippen LogP contribution in [0.25, 0.3) is 0 Å². The van der Waals surface area contributed by atoms with E-state index in [1.54, 1.807) is 50.6 Å². The lowest BCUT2D eigenvalue weighted by Crippen LogP contribution is -2.05. The molecule has 0 fully saturated rings. The third-order valence-electron chi connectivity index (χ3n) is 3.05. The van der Waals surface area contributed by atoms with Crippen LogP contribution in [-0.4, -0.2) is 20.2 Å². The van der Waals surface area contributed by atoms with Gasteiger partial charge < -0.3 is 14.2 Å². The minimum absolute atomic E-state index is 0.107. The number of rotatable bonds is 5. The van der Waals surface area contributed by atoms with Gasteiger partial charge >= 0.3 is 5.97 Å². The second-order valence-electron chi connectivity index (χ2n) is 4.46. The molecular formula is C17H15NO4. The predicted molar refractivity (Wildman–Crippen MR) is 79.8 cm³/mol. The fourth-order valence-electron chi connectivity index (χ4n) is 1.92. The summed E-state index contributed by atoms with van der Waals surface area (Å²) in [6.07, 6.45) is 0. The van der Waals surface area contributed by atoms with Crippen molar-refractivity contribution in [3.8, 4) is 17.6 Å². The number of methoxy groups -OCH3 is 2. The quantitative estimate of drug-likeness (QED) is 0.794. The van der Waals surface area contributed by atoms with Crippen molar-refractivity contribution in [3.05, 3.63) is 59.2 Å². The molecule has 0 aromatic heterocycles. The zero-order valence-electron chi connectivity index (χ0n) is 12.3. The molecule has 0 saturated carbocycles. The van der Waals surface area contributed by atoms with Crippen molar-refractivity contribution >= 4 is 5.97 Å². The largest absolute Gasteiger partial charge is 0.493 e. The maximum absolute atomic E-state index is 12.0. The highest BCUT2D eigenvalue weighted by atomic mass is 16.5. The van der Waals surface area contributed by atoms with Crippen molar-refractivity contribution < 1.29 is 19.0 Å². The van der Waals surface area contributed by atoms with Gasteiger partial charge in [-0.3, -0.25) is 0 Å². The molecule has 22 heavy (non-hydrogen) atoms. The summed E-state index contributed by atoms with van der Waals surface area (Å²) in [5, 5.41) is 8.83. The number of nitrogens with zero attached hydrogens (tertiary/aromatic N) is 1. The molecule has 0 N–H and O–H groups in total. The van der Waals surface area contributed by atoms with Gasteiger partial charge in [0.2, 0.25) is 0 Å². The number of ether oxygens (including phenoxy) is 3. The van der Waals surface area contributed by atoms with E-state index < -0.39 is 5.97 Å². The van der Waals surface area contributed by atoms with E-state index in [2.05, 4.69) is 0 Å². The van der Waals surface area contributed by atoms with E-state index in [-0.39, 0.29) is 6.61 Å². The number of carbonyl (C=O) groups is 1. The third kappa shape index (κ3) is 3.55. The predicted octanol–water partition coefficient (Wildman–Crippen LogP) is 2.93. The highest BCUT2D eigenvalue weighted by molar-refractivity contribution is 5.89. The topological polar surface area (TPSA) is 68.5 Å². The molecule has 0 bridgehead atoms.